The second-order valence-electron chi connectivity index (χ2n) is 6.02. The van der Waals surface area contributed by atoms with E-state index >= 15 is 0 Å². The highest BCUT2D eigenvalue weighted by atomic mass is 32.2. The predicted molar refractivity (Wildman–Crippen MR) is 91.8 cm³/mol. The van der Waals surface area contributed by atoms with Gasteiger partial charge in [-0.3, -0.25) is 4.72 Å². The summed E-state index contributed by atoms with van der Waals surface area (Å²) in [6, 6.07) is 6.87. The average Bonchev–Trinajstić information content (AvgIpc) is 3.11. The third-order valence-electron chi connectivity index (χ3n) is 3.87. The zero-order valence-corrected chi connectivity index (χ0v) is 15.2. The predicted octanol–water partition coefficient (Wildman–Crippen LogP) is 4.50. The van der Waals surface area contributed by atoms with E-state index in [9.17, 15) is 21.6 Å². The van der Waals surface area contributed by atoms with Crippen LogP contribution < -0.4 is 4.72 Å². The van der Waals surface area contributed by atoms with E-state index in [2.05, 4.69) is 14.9 Å². The number of thiophene rings is 1. The average molecular weight is 415 g/mol. The Kier molecular flexibility index (Phi) is 4.22. The lowest BCUT2D eigenvalue weighted by molar-refractivity contribution is -0.137. The van der Waals surface area contributed by atoms with Gasteiger partial charge >= 0.3 is 6.18 Å². The Balaban J connectivity index is 1.56. The Labute approximate surface area is 156 Å². The first kappa shape index (κ1) is 18.0. The fraction of sp³-hybridized carbons (Fsp3) is 0.250. The molecule has 1 N–H and O–H groups in total. The molecule has 1 aliphatic carbocycles. The SMILES string of the molecule is O=S(=O)(Nc1cccc(C(F)(F)F)c1)c1ccc(-c2nnc(C3CC3)o2)s1. The van der Waals surface area contributed by atoms with Crippen LogP contribution in [0.25, 0.3) is 10.8 Å². The van der Waals surface area contributed by atoms with E-state index in [1.807, 2.05) is 0 Å². The van der Waals surface area contributed by atoms with Crippen LogP contribution in [0.15, 0.2) is 45.0 Å². The largest absolute Gasteiger partial charge is 0.420 e. The first-order chi connectivity index (χ1) is 12.7. The zero-order chi connectivity index (χ0) is 19.2. The van der Waals surface area contributed by atoms with E-state index < -0.39 is 21.8 Å². The van der Waals surface area contributed by atoms with Gasteiger partial charge in [-0.05, 0) is 43.2 Å². The lowest BCUT2D eigenvalue weighted by Gasteiger charge is -2.10. The number of nitrogens with one attached hydrogen (secondary N) is 1. The first-order valence-corrected chi connectivity index (χ1v) is 10.2. The van der Waals surface area contributed by atoms with Gasteiger partial charge in [-0.1, -0.05) is 6.07 Å². The summed E-state index contributed by atoms with van der Waals surface area (Å²) in [4.78, 5) is 0.471. The Morgan fingerprint density at radius 3 is 2.63 bits per heavy atom. The molecule has 27 heavy (non-hydrogen) atoms. The lowest BCUT2D eigenvalue weighted by atomic mass is 10.2. The maximum atomic E-state index is 12.8. The van der Waals surface area contributed by atoms with Gasteiger partial charge in [0.15, 0.2) is 0 Å². The van der Waals surface area contributed by atoms with Crippen LogP contribution in [0.4, 0.5) is 18.9 Å². The number of halogens is 3. The van der Waals surface area contributed by atoms with Crippen molar-refractivity contribution in [3.8, 4) is 10.8 Å². The molecular weight excluding hydrogens is 403 g/mol. The fourth-order valence-electron chi connectivity index (χ4n) is 2.37. The Bertz CT molecular complexity index is 1090. The normalized spacial score (nSPS) is 15.1. The van der Waals surface area contributed by atoms with E-state index in [-0.39, 0.29) is 21.7 Å². The van der Waals surface area contributed by atoms with Crippen LogP contribution in [0.2, 0.25) is 0 Å². The Hall–Kier alpha value is -2.40. The van der Waals surface area contributed by atoms with Crippen LogP contribution >= 0.6 is 11.3 Å². The van der Waals surface area contributed by atoms with Gasteiger partial charge in [0.1, 0.15) is 4.21 Å². The molecule has 0 atom stereocenters. The third kappa shape index (κ3) is 3.83. The molecule has 0 radical (unpaired) electrons. The molecule has 3 aromatic rings. The zero-order valence-electron chi connectivity index (χ0n) is 13.5. The minimum Gasteiger partial charge on any atom is -0.420 e. The van der Waals surface area contributed by atoms with E-state index in [1.165, 1.54) is 18.2 Å². The van der Waals surface area contributed by atoms with Crippen LogP contribution in [0, 0.1) is 0 Å². The topological polar surface area (TPSA) is 85.1 Å². The summed E-state index contributed by atoms with van der Waals surface area (Å²) in [6.07, 6.45) is -2.58. The molecular formula is C16H12F3N3O3S2. The molecule has 1 aromatic carbocycles. The Morgan fingerprint density at radius 2 is 1.93 bits per heavy atom. The number of sulfonamides is 1. The number of hydrogen-bond donors (Lipinski definition) is 1. The quantitative estimate of drug-likeness (QED) is 0.663. The molecule has 2 heterocycles. The summed E-state index contributed by atoms with van der Waals surface area (Å²) in [5.74, 6) is 1.03. The summed E-state index contributed by atoms with van der Waals surface area (Å²) in [5.41, 5.74) is -1.11. The summed E-state index contributed by atoms with van der Waals surface area (Å²) in [6.45, 7) is 0. The van der Waals surface area contributed by atoms with Crippen molar-refractivity contribution in [3.05, 3.63) is 47.9 Å². The number of benzene rings is 1. The highest BCUT2D eigenvalue weighted by Crippen LogP contribution is 2.41. The highest BCUT2D eigenvalue weighted by Gasteiger charge is 2.31. The van der Waals surface area contributed by atoms with Crippen molar-refractivity contribution in [2.24, 2.45) is 0 Å². The van der Waals surface area contributed by atoms with E-state index in [0.717, 1.165) is 42.4 Å². The number of rotatable bonds is 5. The number of nitrogens with zero attached hydrogens (tertiary/aromatic N) is 2. The maximum absolute atomic E-state index is 12.8. The van der Waals surface area contributed by atoms with Gasteiger partial charge in [0.2, 0.25) is 5.89 Å². The summed E-state index contributed by atoms with van der Waals surface area (Å²) in [5, 5.41) is 7.86. The molecule has 0 saturated heterocycles. The van der Waals surface area contributed by atoms with Crippen molar-refractivity contribution in [3.63, 3.8) is 0 Å². The molecule has 1 fully saturated rings. The van der Waals surface area contributed by atoms with Gasteiger partial charge < -0.3 is 4.42 Å². The monoisotopic (exact) mass is 415 g/mol. The molecule has 0 amide bonds. The van der Waals surface area contributed by atoms with Gasteiger partial charge in [-0.15, -0.1) is 21.5 Å². The molecule has 6 nitrogen and oxygen atoms in total. The molecule has 1 saturated carbocycles. The van der Waals surface area contributed by atoms with E-state index in [0.29, 0.717) is 10.8 Å². The maximum Gasteiger partial charge on any atom is 0.416 e. The van der Waals surface area contributed by atoms with Crippen LogP contribution in [0.1, 0.15) is 30.2 Å². The molecule has 11 heteroatoms. The van der Waals surface area contributed by atoms with Crippen LogP contribution in [-0.2, 0) is 16.2 Å². The summed E-state index contributed by atoms with van der Waals surface area (Å²) < 4.78 is 70.9. The minimum absolute atomic E-state index is 0.0684. The van der Waals surface area contributed by atoms with Gasteiger partial charge in [0.25, 0.3) is 15.9 Å². The number of hydrogen-bond acceptors (Lipinski definition) is 6. The van der Waals surface area contributed by atoms with Crippen LogP contribution in [0.3, 0.4) is 0 Å². The van der Waals surface area contributed by atoms with Gasteiger partial charge in [-0.2, -0.15) is 13.2 Å². The molecule has 4 rings (SSSR count). The first-order valence-electron chi connectivity index (χ1n) is 7.86. The fourth-order valence-corrected chi connectivity index (χ4v) is 4.65. The highest BCUT2D eigenvalue weighted by molar-refractivity contribution is 7.94. The molecule has 0 bridgehead atoms. The van der Waals surface area contributed by atoms with Crippen molar-refractivity contribution < 1.29 is 26.0 Å². The third-order valence-corrected chi connectivity index (χ3v) is 6.81. The smallest absolute Gasteiger partial charge is 0.416 e. The van der Waals surface area contributed by atoms with Crippen molar-refractivity contribution in [2.75, 3.05) is 4.72 Å². The number of alkyl halides is 3. The minimum atomic E-state index is -4.56. The standard InChI is InChI=1S/C16H12F3N3O3S2/c17-16(18,19)10-2-1-3-11(8-10)22-27(23,24)13-7-6-12(26-13)15-21-20-14(25-15)9-4-5-9/h1-3,6-9,22H,4-5H2. The van der Waals surface area contributed by atoms with Crippen molar-refractivity contribution in [2.45, 2.75) is 29.1 Å². The molecule has 1 aliphatic rings. The van der Waals surface area contributed by atoms with Crippen molar-refractivity contribution in [1.29, 1.82) is 0 Å². The summed E-state index contributed by atoms with van der Waals surface area (Å²) >= 11 is 0.898. The molecule has 0 unspecified atom stereocenters. The molecule has 2 aromatic heterocycles. The van der Waals surface area contributed by atoms with Crippen molar-refractivity contribution >= 4 is 27.0 Å². The van der Waals surface area contributed by atoms with E-state index in [4.69, 9.17) is 4.42 Å². The molecule has 0 spiro atoms. The van der Waals surface area contributed by atoms with Crippen molar-refractivity contribution in [1.82, 2.24) is 10.2 Å². The number of aromatic nitrogens is 2. The van der Waals surface area contributed by atoms with Gasteiger partial charge in [-0.25, -0.2) is 8.42 Å². The lowest BCUT2D eigenvalue weighted by Crippen LogP contribution is -2.12. The van der Waals surface area contributed by atoms with Crippen LogP contribution in [-0.4, -0.2) is 18.6 Å². The van der Waals surface area contributed by atoms with Gasteiger partial charge in [0.05, 0.1) is 10.4 Å². The van der Waals surface area contributed by atoms with Crippen LogP contribution in [0.5, 0.6) is 0 Å². The molecule has 142 valence electrons. The number of anilines is 1. The second kappa shape index (κ2) is 6.34. The van der Waals surface area contributed by atoms with E-state index in [1.54, 1.807) is 0 Å². The second-order valence-corrected chi connectivity index (χ2v) is 9.02. The molecule has 0 aliphatic heterocycles. The summed E-state index contributed by atoms with van der Waals surface area (Å²) in [7, 11) is -4.05. The van der Waals surface area contributed by atoms with Gasteiger partial charge in [0, 0.05) is 11.6 Å². The Morgan fingerprint density at radius 1 is 1.15 bits per heavy atom.